The van der Waals surface area contributed by atoms with E-state index in [1.54, 1.807) is 68.1 Å². The third-order valence-corrected chi connectivity index (χ3v) is 16.8. The molecule has 0 saturated heterocycles. The van der Waals surface area contributed by atoms with Crippen LogP contribution in [-0.4, -0.2) is 113 Å². The predicted octanol–water partition coefficient (Wildman–Crippen LogP) is 10.1. The number of ether oxygens (including phenoxy) is 3. The Bertz CT molecular complexity index is 2720. The van der Waals surface area contributed by atoms with E-state index in [9.17, 15) is 41.1 Å². The minimum absolute atomic E-state index is 0.0265. The van der Waals surface area contributed by atoms with Gasteiger partial charge in [-0.2, -0.15) is 23.7 Å². The lowest BCUT2D eigenvalue weighted by atomic mass is 9.86. The predicted molar refractivity (Wildman–Crippen MR) is 300 cm³/mol. The van der Waals surface area contributed by atoms with Crippen molar-refractivity contribution in [1.82, 2.24) is 29.8 Å². The van der Waals surface area contributed by atoms with Gasteiger partial charge in [0.05, 0.1) is 77.6 Å². The molecule has 80 heavy (non-hydrogen) atoms. The van der Waals surface area contributed by atoms with E-state index in [4.69, 9.17) is 34.2 Å². The summed E-state index contributed by atoms with van der Waals surface area (Å²) in [5.74, 6) is -1.10. The molecule has 5 aromatic rings. The molecule has 0 bridgehead atoms. The SMILES string of the molecule is CCOC(=O)C1CCC(O)CC1.CCOC(=O)C1CCC(OS(=O)(=O)c2ccc(C)cc2)CC1.CCOC(=O)C1CCC(n2cccn2)CC1.Cc1ccc(S(=O)(=O)Cl)cc1.O=C(O)C1CCC(n2cccn2)CC1.c1cn[nH]c1. The van der Waals surface area contributed by atoms with Crippen molar-refractivity contribution in [3.05, 3.63) is 115 Å². The van der Waals surface area contributed by atoms with Gasteiger partial charge < -0.3 is 24.4 Å². The van der Waals surface area contributed by atoms with Crippen molar-refractivity contribution in [1.29, 1.82) is 0 Å². The van der Waals surface area contributed by atoms with Gasteiger partial charge in [-0.05, 0) is 180 Å². The zero-order chi connectivity index (χ0) is 58.5. The average molecular weight is 1170 g/mol. The van der Waals surface area contributed by atoms with Crippen LogP contribution in [0.25, 0.3) is 0 Å². The molecule has 3 heterocycles. The van der Waals surface area contributed by atoms with Gasteiger partial charge in [0.2, 0.25) is 0 Å². The Hall–Kier alpha value is -5.94. The molecule has 4 aliphatic rings. The second-order valence-electron chi connectivity index (χ2n) is 19.9. The lowest BCUT2D eigenvalue weighted by Crippen LogP contribution is -2.29. The van der Waals surface area contributed by atoms with Gasteiger partial charge in [-0.25, -0.2) is 8.42 Å². The van der Waals surface area contributed by atoms with Gasteiger partial charge in [-0.15, -0.1) is 0 Å². The molecule has 0 unspecified atom stereocenters. The van der Waals surface area contributed by atoms with Crippen LogP contribution < -0.4 is 0 Å². The van der Waals surface area contributed by atoms with Gasteiger partial charge in [0.15, 0.2) is 0 Å². The number of nitrogens with zero attached hydrogens (tertiary/aromatic N) is 5. The highest BCUT2D eigenvalue weighted by Gasteiger charge is 2.32. The molecule has 3 aromatic heterocycles. The van der Waals surface area contributed by atoms with Gasteiger partial charge in [0.25, 0.3) is 19.2 Å². The number of aliphatic hydroxyl groups is 1. The molecular formula is C57H81ClN6O14S2. The van der Waals surface area contributed by atoms with Crippen molar-refractivity contribution in [2.45, 2.75) is 171 Å². The molecule has 9 rings (SSSR count). The number of aliphatic carboxylic acids is 1. The molecule has 3 N–H and O–H groups in total. The number of H-pyrrole nitrogens is 1. The van der Waals surface area contributed by atoms with E-state index in [0.717, 1.165) is 88.2 Å². The first-order chi connectivity index (χ1) is 38.2. The van der Waals surface area contributed by atoms with Crippen molar-refractivity contribution in [3.63, 3.8) is 0 Å². The number of aromatic amines is 1. The molecular weight excluding hydrogens is 1090 g/mol. The van der Waals surface area contributed by atoms with Gasteiger partial charge in [0.1, 0.15) is 0 Å². The second-order valence-corrected chi connectivity index (χ2v) is 24.1. The van der Waals surface area contributed by atoms with Crippen LogP contribution in [0.1, 0.15) is 147 Å². The first-order valence-electron chi connectivity index (χ1n) is 27.6. The summed E-state index contributed by atoms with van der Waals surface area (Å²) in [6.07, 6.45) is 23.0. The minimum atomic E-state index is -3.74. The number of carbonyl (C=O) groups excluding carboxylic acids is 3. The average Bonchev–Trinajstić information content (AvgIpc) is 4.31. The number of hydrogen-bond acceptors (Lipinski definition) is 16. The van der Waals surface area contributed by atoms with Crippen LogP contribution in [0.4, 0.5) is 0 Å². The molecule has 20 nitrogen and oxygen atoms in total. The number of aliphatic hydroxyl groups excluding tert-OH is 1. The molecule has 0 atom stereocenters. The van der Waals surface area contributed by atoms with Gasteiger partial charge in [-0.1, -0.05) is 35.4 Å². The third-order valence-electron chi connectivity index (χ3n) is 14.1. The van der Waals surface area contributed by atoms with Crippen LogP contribution in [0.15, 0.2) is 114 Å². The zero-order valence-corrected chi connectivity index (χ0v) is 49.0. The summed E-state index contributed by atoms with van der Waals surface area (Å²) in [5, 5.41) is 32.7. The lowest BCUT2D eigenvalue weighted by molar-refractivity contribution is -0.150. The fourth-order valence-electron chi connectivity index (χ4n) is 9.50. The summed E-state index contributed by atoms with van der Waals surface area (Å²) >= 11 is 0. The van der Waals surface area contributed by atoms with Crippen molar-refractivity contribution in [2.75, 3.05) is 19.8 Å². The summed E-state index contributed by atoms with van der Waals surface area (Å²) in [4.78, 5) is 45.4. The first kappa shape index (κ1) is 66.6. The highest BCUT2D eigenvalue weighted by atomic mass is 35.7. The van der Waals surface area contributed by atoms with Crippen LogP contribution in [0, 0.1) is 37.5 Å². The summed E-state index contributed by atoms with van der Waals surface area (Å²) in [5.41, 5.74) is 2.00. The fourth-order valence-corrected chi connectivity index (χ4v) is 11.4. The normalized spacial score (nSPS) is 22.5. The summed E-state index contributed by atoms with van der Waals surface area (Å²) < 4.78 is 70.0. The van der Waals surface area contributed by atoms with Crippen LogP contribution in [0.2, 0.25) is 0 Å². The molecule has 442 valence electrons. The summed E-state index contributed by atoms with van der Waals surface area (Å²) in [6.45, 7) is 10.5. The number of nitrogens with one attached hydrogen (secondary N) is 1. The van der Waals surface area contributed by atoms with E-state index in [-0.39, 0.29) is 63.6 Å². The molecule has 0 amide bonds. The fraction of sp³-hybridized carbons (Fsp3) is 0.561. The van der Waals surface area contributed by atoms with Gasteiger partial charge in [0, 0.05) is 47.9 Å². The van der Waals surface area contributed by atoms with E-state index in [0.29, 0.717) is 57.6 Å². The monoisotopic (exact) mass is 1170 g/mol. The molecule has 0 radical (unpaired) electrons. The number of halogens is 1. The Kier molecular flexibility index (Phi) is 29.2. The number of carboxylic acid groups (broad SMARTS) is 1. The minimum Gasteiger partial charge on any atom is -0.481 e. The molecule has 4 saturated carbocycles. The standard InChI is InChI=1S/C16H22O5S.C12H18N2O2.C10H14N2O2.C9H16O3.C7H7ClO2S.C3H4N2/c1-3-20-16(17)13-6-8-14(9-7-13)21-22(18,19)15-10-4-12(2)5-11-15;1-2-16-12(15)10-4-6-11(7-5-10)14-9-3-8-13-14;13-10(14)8-2-4-9(5-3-8)12-7-1-6-11-12;1-2-12-9(11)7-3-5-8(10)6-4-7;1-6-2-4-7(5-3-6)11(8,9)10;1-2-4-5-3-1/h4-5,10-11,13-14H,3,6-9H2,1-2H3;3,8-11H,2,4-7H2,1H3;1,6-9H,2-5H2,(H,13,14);7-8,10H,2-6H2,1H3;2-5H,1H3;1-3H,(H,4,5). The van der Waals surface area contributed by atoms with Crippen LogP contribution >= 0.6 is 10.7 Å². The second kappa shape index (κ2) is 35.0. The molecule has 4 fully saturated rings. The number of esters is 3. The molecule has 23 heteroatoms. The van der Waals surface area contributed by atoms with E-state index >= 15 is 0 Å². The van der Waals surface area contributed by atoms with Crippen LogP contribution in [-0.2, 0) is 56.7 Å². The van der Waals surface area contributed by atoms with Crippen molar-refractivity contribution in [2.24, 2.45) is 23.7 Å². The number of aromatic nitrogens is 6. The maximum absolute atomic E-state index is 12.2. The first-order valence-corrected chi connectivity index (χ1v) is 31.3. The maximum Gasteiger partial charge on any atom is 0.308 e. The molecule has 4 aliphatic carbocycles. The quantitative estimate of drug-likeness (QED) is 0.0428. The highest BCUT2D eigenvalue weighted by Crippen LogP contribution is 2.34. The Balaban J connectivity index is 0.000000214. The lowest BCUT2D eigenvalue weighted by Gasteiger charge is -2.27. The van der Waals surface area contributed by atoms with E-state index in [1.165, 1.54) is 12.1 Å². The number of carboxylic acids is 1. The highest BCUT2D eigenvalue weighted by molar-refractivity contribution is 8.13. The molecule has 0 spiro atoms. The van der Waals surface area contributed by atoms with E-state index in [2.05, 4.69) is 20.4 Å². The van der Waals surface area contributed by atoms with Crippen molar-refractivity contribution in [3.8, 4) is 0 Å². The number of hydrogen-bond donors (Lipinski definition) is 3. The number of aryl methyl sites for hydroxylation is 2. The summed E-state index contributed by atoms with van der Waals surface area (Å²) in [7, 11) is -2.21. The molecule has 2 aromatic carbocycles. The number of carbonyl (C=O) groups is 4. The summed E-state index contributed by atoms with van der Waals surface area (Å²) in [6, 6.07) is 19.5. The van der Waals surface area contributed by atoms with Crippen molar-refractivity contribution < 1.29 is 64.6 Å². The van der Waals surface area contributed by atoms with Crippen molar-refractivity contribution >= 4 is 53.7 Å². The van der Waals surface area contributed by atoms with Gasteiger partial charge >= 0.3 is 23.9 Å². The Labute approximate surface area is 475 Å². The topological polar surface area (TPSA) is 278 Å². The third kappa shape index (κ3) is 24.0. The Morgan fingerprint density at radius 1 is 0.562 bits per heavy atom. The number of rotatable bonds is 13. The van der Waals surface area contributed by atoms with E-state index < -0.39 is 25.1 Å². The number of benzene rings is 2. The molecule has 0 aliphatic heterocycles. The van der Waals surface area contributed by atoms with Crippen LogP contribution in [0.3, 0.4) is 0 Å². The Morgan fingerprint density at radius 2 is 0.950 bits per heavy atom. The van der Waals surface area contributed by atoms with Gasteiger partial charge in [-0.3, -0.25) is 37.8 Å². The van der Waals surface area contributed by atoms with E-state index in [1.807, 2.05) is 67.7 Å². The zero-order valence-electron chi connectivity index (χ0n) is 46.6. The Morgan fingerprint density at radius 3 is 1.27 bits per heavy atom. The van der Waals surface area contributed by atoms with Crippen LogP contribution in [0.5, 0.6) is 0 Å². The maximum atomic E-state index is 12.2. The largest absolute Gasteiger partial charge is 0.481 e. The smallest absolute Gasteiger partial charge is 0.308 e.